The summed E-state index contributed by atoms with van der Waals surface area (Å²) in [7, 11) is 0. The number of amides is 1. The average molecular weight is 367 g/mol. The van der Waals surface area contributed by atoms with E-state index in [2.05, 4.69) is 10.2 Å². The van der Waals surface area contributed by atoms with Gasteiger partial charge in [0, 0.05) is 41.7 Å². The molecule has 6 nitrogen and oxygen atoms in total. The Bertz CT molecular complexity index is 964. The molecule has 2 aliphatic heterocycles. The monoisotopic (exact) mass is 367 g/mol. The van der Waals surface area contributed by atoms with Gasteiger partial charge in [0.05, 0.1) is 5.69 Å². The van der Waals surface area contributed by atoms with E-state index in [9.17, 15) is 4.79 Å². The number of carbonyl (C=O) groups excluding carboxylic acids is 1. The van der Waals surface area contributed by atoms with E-state index in [1.165, 1.54) is 11.3 Å². The van der Waals surface area contributed by atoms with Crippen molar-refractivity contribution in [2.75, 3.05) is 19.8 Å². The number of hydrogen-bond acceptors (Lipinski definition) is 5. The third kappa shape index (κ3) is 2.47. The zero-order valence-corrected chi connectivity index (χ0v) is 14.8. The lowest BCUT2D eigenvalue weighted by molar-refractivity contribution is 0.0731. The first-order valence-electron chi connectivity index (χ1n) is 8.59. The predicted molar refractivity (Wildman–Crippen MR) is 97.8 cm³/mol. The highest BCUT2D eigenvalue weighted by Crippen LogP contribution is 2.40. The fourth-order valence-electron chi connectivity index (χ4n) is 3.46. The summed E-state index contributed by atoms with van der Waals surface area (Å²) in [6, 6.07) is 10.1. The molecular weight excluding hydrogens is 350 g/mol. The third-order valence-corrected chi connectivity index (χ3v) is 5.69. The van der Waals surface area contributed by atoms with Crippen LogP contribution in [-0.4, -0.2) is 40.8 Å². The Morgan fingerprint density at radius 3 is 2.92 bits per heavy atom. The third-order valence-electron chi connectivity index (χ3n) is 4.76. The minimum absolute atomic E-state index is 0.00684. The molecule has 1 N–H and O–H groups in total. The molecule has 132 valence electrons. The van der Waals surface area contributed by atoms with Gasteiger partial charge in [0.2, 0.25) is 0 Å². The van der Waals surface area contributed by atoms with Gasteiger partial charge in [0.1, 0.15) is 18.1 Å². The minimum Gasteiger partial charge on any atom is -0.485 e. The van der Waals surface area contributed by atoms with Gasteiger partial charge in [-0.2, -0.15) is 5.10 Å². The molecule has 4 heterocycles. The predicted octanol–water partition coefficient (Wildman–Crippen LogP) is 3.11. The number of aromatic amines is 1. The van der Waals surface area contributed by atoms with Gasteiger partial charge in [-0.15, -0.1) is 11.3 Å². The highest BCUT2D eigenvalue weighted by Gasteiger charge is 2.31. The van der Waals surface area contributed by atoms with E-state index in [1.54, 1.807) is 0 Å². The molecule has 0 atom stereocenters. The maximum absolute atomic E-state index is 13.1. The molecule has 0 unspecified atom stereocenters. The van der Waals surface area contributed by atoms with E-state index in [-0.39, 0.29) is 5.91 Å². The zero-order valence-electron chi connectivity index (χ0n) is 14.0. The van der Waals surface area contributed by atoms with Gasteiger partial charge < -0.3 is 14.4 Å². The van der Waals surface area contributed by atoms with Crippen LogP contribution in [0.1, 0.15) is 20.9 Å². The Morgan fingerprint density at radius 2 is 2.04 bits per heavy atom. The molecule has 5 rings (SSSR count). The number of H-pyrrole nitrogens is 1. The number of nitrogens with one attached hydrogen (secondary N) is 1. The van der Waals surface area contributed by atoms with Crippen LogP contribution < -0.4 is 9.47 Å². The molecule has 7 heteroatoms. The summed E-state index contributed by atoms with van der Waals surface area (Å²) in [5.41, 5.74) is 4.19. The van der Waals surface area contributed by atoms with Crippen LogP contribution in [-0.2, 0) is 13.0 Å². The lowest BCUT2D eigenvalue weighted by atomic mass is 10.0. The lowest BCUT2D eigenvalue weighted by Crippen LogP contribution is -2.35. The van der Waals surface area contributed by atoms with Crippen molar-refractivity contribution in [3.05, 3.63) is 51.8 Å². The average Bonchev–Trinajstić information content (AvgIpc) is 3.32. The van der Waals surface area contributed by atoms with Crippen molar-refractivity contribution in [3.63, 3.8) is 0 Å². The van der Waals surface area contributed by atoms with Gasteiger partial charge in [-0.25, -0.2) is 0 Å². The highest BCUT2D eigenvalue weighted by molar-refractivity contribution is 7.12. The second-order valence-electron chi connectivity index (χ2n) is 6.33. The summed E-state index contributed by atoms with van der Waals surface area (Å²) >= 11 is 1.39. The van der Waals surface area contributed by atoms with E-state index in [4.69, 9.17) is 9.47 Å². The van der Waals surface area contributed by atoms with Crippen LogP contribution in [0.3, 0.4) is 0 Å². The zero-order chi connectivity index (χ0) is 17.5. The quantitative estimate of drug-likeness (QED) is 0.756. The molecule has 3 aromatic rings. The second kappa shape index (κ2) is 6.17. The van der Waals surface area contributed by atoms with E-state index in [1.807, 2.05) is 40.6 Å². The Labute approximate surface area is 154 Å². The van der Waals surface area contributed by atoms with Crippen molar-refractivity contribution in [1.29, 1.82) is 0 Å². The summed E-state index contributed by atoms with van der Waals surface area (Å²) < 4.78 is 11.2. The summed E-state index contributed by atoms with van der Waals surface area (Å²) in [4.78, 5) is 15.6. The van der Waals surface area contributed by atoms with Crippen LogP contribution in [0, 0.1) is 0 Å². The molecule has 0 radical (unpaired) electrons. The molecule has 1 amide bonds. The Kier molecular flexibility index (Phi) is 3.67. The molecule has 1 aromatic carbocycles. The number of ether oxygens (including phenoxy) is 2. The summed E-state index contributed by atoms with van der Waals surface area (Å²) in [6.45, 7) is 2.21. The van der Waals surface area contributed by atoms with Crippen LogP contribution in [0.15, 0.2) is 35.7 Å². The SMILES string of the molecule is O=C(c1scc2c1OCCO2)N1CCc2[nH]nc(-c3ccccc3)c2C1. The maximum atomic E-state index is 13.1. The van der Waals surface area contributed by atoms with E-state index >= 15 is 0 Å². The molecule has 0 bridgehead atoms. The van der Waals surface area contributed by atoms with E-state index < -0.39 is 0 Å². The molecule has 2 aromatic heterocycles. The van der Waals surface area contributed by atoms with Crippen LogP contribution in [0.4, 0.5) is 0 Å². The molecule has 0 fully saturated rings. The van der Waals surface area contributed by atoms with Crippen molar-refractivity contribution in [2.45, 2.75) is 13.0 Å². The molecule has 26 heavy (non-hydrogen) atoms. The first-order chi connectivity index (χ1) is 12.8. The molecule has 0 saturated heterocycles. The Morgan fingerprint density at radius 1 is 1.19 bits per heavy atom. The first-order valence-corrected chi connectivity index (χ1v) is 9.47. The van der Waals surface area contributed by atoms with Crippen LogP contribution in [0.5, 0.6) is 11.5 Å². The summed E-state index contributed by atoms with van der Waals surface area (Å²) in [6.07, 6.45) is 0.770. The Hall–Kier alpha value is -2.80. The molecular formula is C19H17N3O3S. The van der Waals surface area contributed by atoms with Crippen molar-refractivity contribution in [2.24, 2.45) is 0 Å². The topological polar surface area (TPSA) is 67.5 Å². The summed E-state index contributed by atoms with van der Waals surface area (Å²) in [5.74, 6) is 1.26. The molecule has 2 aliphatic rings. The van der Waals surface area contributed by atoms with Crippen molar-refractivity contribution in [3.8, 4) is 22.8 Å². The van der Waals surface area contributed by atoms with Crippen LogP contribution >= 0.6 is 11.3 Å². The van der Waals surface area contributed by atoms with Crippen LogP contribution in [0.25, 0.3) is 11.3 Å². The molecule has 0 spiro atoms. The van der Waals surface area contributed by atoms with Gasteiger partial charge in [-0.05, 0) is 0 Å². The van der Waals surface area contributed by atoms with Crippen molar-refractivity contribution < 1.29 is 14.3 Å². The van der Waals surface area contributed by atoms with Gasteiger partial charge >= 0.3 is 0 Å². The largest absolute Gasteiger partial charge is 0.485 e. The fraction of sp³-hybridized carbons (Fsp3) is 0.263. The van der Waals surface area contributed by atoms with E-state index in [0.717, 1.165) is 28.9 Å². The Balaban J connectivity index is 1.45. The van der Waals surface area contributed by atoms with Gasteiger partial charge in [-0.1, -0.05) is 30.3 Å². The van der Waals surface area contributed by atoms with Crippen molar-refractivity contribution >= 4 is 17.2 Å². The minimum atomic E-state index is -0.00684. The van der Waals surface area contributed by atoms with E-state index in [0.29, 0.717) is 42.7 Å². The number of thiophene rings is 1. The standard InChI is InChI=1S/C19H17N3O3S/c23-19(18-17-15(11-26-18)24-8-9-25-17)22-7-6-14-13(10-22)16(21-20-14)12-4-2-1-3-5-12/h1-5,11H,6-10H2,(H,20,21). The molecule has 0 aliphatic carbocycles. The number of rotatable bonds is 2. The number of carbonyl (C=O) groups is 1. The highest BCUT2D eigenvalue weighted by atomic mass is 32.1. The lowest BCUT2D eigenvalue weighted by Gasteiger charge is -2.27. The van der Waals surface area contributed by atoms with Crippen molar-refractivity contribution in [1.82, 2.24) is 15.1 Å². The maximum Gasteiger partial charge on any atom is 0.268 e. The van der Waals surface area contributed by atoms with Crippen LogP contribution in [0.2, 0.25) is 0 Å². The number of fused-ring (bicyclic) bond motifs is 2. The normalized spacial score (nSPS) is 15.6. The van der Waals surface area contributed by atoms with Gasteiger partial charge in [0.15, 0.2) is 11.5 Å². The number of nitrogens with zero attached hydrogens (tertiary/aromatic N) is 2. The molecule has 0 saturated carbocycles. The van der Waals surface area contributed by atoms with Gasteiger partial charge in [0.25, 0.3) is 5.91 Å². The van der Waals surface area contributed by atoms with Gasteiger partial charge in [-0.3, -0.25) is 9.89 Å². The number of aromatic nitrogens is 2. The fourth-order valence-corrected chi connectivity index (χ4v) is 4.35. The smallest absolute Gasteiger partial charge is 0.268 e. The number of hydrogen-bond donors (Lipinski definition) is 1. The first kappa shape index (κ1) is 15.5. The summed E-state index contributed by atoms with van der Waals surface area (Å²) in [5, 5.41) is 9.48. The number of benzene rings is 1. The second-order valence-corrected chi connectivity index (χ2v) is 7.21.